The van der Waals surface area contributed by atoms with Crippen molar-refractivity contribution < 1.29 is 33.3 Å². The second-order valence-corrected chi connectivity index (χ2v) is 5.19. The summed E-state index contributed by atoms with van der Waals surface area (Å²) in [5, 5.41) is 13.4. The zero-order valence-electron chi connectivity index (χ0n) is 13.4. The van der Waals surface area contributed by atoms with Crippen molar-refractivity contribution in [3.8, 4) is 0 Å². The van der Waals surface area contributed by atoms with Crippen LogP contribution in [0, 0.1) is 0 Å². The van der Waals surface area contributed by atoms with Crippen molar-refractivity contribution in [1.82, 2.24) is 20.6 Å². The Kier molecular flexibility index (Phi) is 5.79. The van der Waals surface area contributed by atoms with Crippen molar-refractivity contribution in [2.45, 2.75) is 51.6 Å². The third-order valence-corrected chi connectivity index (χ3v) is 3.24. The third-order valence-electron chi connectivity index (χ3n) is 3.24. The van der Waals surface area contributed by atoms with E-state index in [1.54, 1.807) is 0 Å². The minimum absolute atomic E-state index is 0.160. The van der Waals surface area contributed by atoms with Crippen LogP contribution in [0.5, 0.6) is 0 Å². The number of hydrogen-bond acceptors (Lipinski definition) is 10. The van der Waals surface area contributed by atoms with E-state index >= 15 is 0 Å². The molecule has 1 N–H and O–H groups in total. The average molecular weight is 342 g/mol. The van der Waals surface area contributed by atoms with Crippen molar-refractivity contribution in [2.24, 2.45) is 0 Å². The Morgan fingerprint density at radius 1 is 1.17 bits per heavy atom. The molecule has 11 heteroatoms. The highest BCUT2D eigenvalue weighted by Gasteiger charge is 2.45. The van der Waals surface area contributed by atoms with Crippen LogP contribution in [0.2, 0.25) is 0 Å². The zero-order valence-corrected chi connectivity index (χ0v) is 13.4. The maximum atomic E-state index is 11.4. The van der Waals surface area contributed by atoms with Crippen molar-refractivity contribution >= 4 is 17.9 Å². The summed E-state index contributed by atoms with van der Waals surface area (Å²) in [6.45, 7) is 3.52. The van der Waals surface area contributed by atoms with E-state index in [9.17, 15) is 14.4 Å². The maximum Gasteiger partial charge on any atom is 0.303 e. The predicted molar refractivity (Wildman–Crippen MR) is 74.1 cm³/mol. The fourth-order valence-corrected chi connectivity index (χ4v) is 2.41. The molecule has 0 aliphatic carbocycles. The van der Waals surface area contributed by atoms with Crippen molar-refractivity contribution in [3.05, 3.63) is 5.82 Å². The van der Waals surface area contributed by atoms with Crippen LogP contribution in [0.25, 0.3) is 0 Å². The molecule has 1 aliphatic rings. The summed E-state index contributed by atoms with van der Waals surface area (Å²) in [5.74, 6) is -1.39. The molecule has 0 amide bonds. The number of H-pyrrole nitrogens is 1. The number of carbonyl (C=O) groups is 3. The Morgan fingerprint density at radius 3 is 2.42 bits per heavy atom. The second kappa shape index (κ2) is 7.81. The molecule has 24 heavy (non-hydrogen) atoms. The molecular weight excluding hydrogens is 324 g/mol. The lowest BCUT2D eigenvalue weighted by molar-refractivity contribution is -0.217. The molecule has 0 saturated carbocycles. The van der Waals surface area contributed by atoms with Gasteiger partial charge in [0.2, 0.25) is 5.82 Å². The number of ether oxygens (including phenoxy) is 4. The summed E-state index contributed by atoms with van der Waals surface area (Å²) >= 11 is 0. The van der Waals surface area contributed by atoms with Crippen molar-refractivity contribution in [1.29, 1.82) is 0 Å². The second-order valence-electron chi connectivity index (χ2n) is 5.19. The van der Waals surface area contributed by atoms with Gasteiger partial charge in [0, 0.05) is 27.2 Å². The topological polar surface area (TPSA) is 143 Å². The Labute approximate surface area is 137 Å². The smallest absolute Gasteiger partial charge is 0.303 e. The van der Waals surface area contributed by atoms with E-state index in [-0.39, 0.29) is 18.9 Å². The minimum atomic E-state index is -0.922. The van der Waals surface area contributed by atoms with Crippen molar-refractivity contribution in [2.75, 3.05) is 6.61 Å². The van der Waals surface area contributed by atoms with E-state index in [4.69, 9.17) is 18.9 Å². The van der Waals surface area contributed by atoms with Crippen LogP contribution in [0.1, 0.15) is 39.1 Å². The largest absolute Gasteiger partial charge is 0.463 e. The highest BCUT2D eigenvalue weighted by molar-refractivity contribution is 5.67. The molecule has 1 saturated heterocycles. The molecule has 0 bridgehead atoms. The van der Waals surface area contributed by atoms with Gasteiger partial charge in [0.1, 0.15) is 24.9 Å². The number of rotatable bonds is 5. The molecule has 0 radical (unpaired) electrons. The molecule has 0 unspecified atom stereocenters. The van der Waals surface area contributed by atoms with Gasteiger partial charge in [-0.25, -0.2) is 0 Å². The molecule has 2 heterocycles. The van der Waals surface area contributed by atoms with Gasteiger partial charge in [-0.05, 0) is 0 Å². The highest BCUT2D eigenvalue weighted by atomic mass is 16.6. The fourth-order valence-electron chi connectivity index (χ4n) is 2.41. The molecule has 11 nitrogen and oxygen atoms in total. The van der Waals surface area contributed by atoms with Gasteiger partial charge < -0.3 is 18.9 Å². The molecular formula is C13H18N4O7. The van der Waals surface area contributed by atoms with E-state index in [0.29, 0.717) is 0 Å². The molecule has 1 fully saturated rings. The van der Waals surface area contributed by atoms with Gasteiger partial charge in [-0.15, -0.1) is 10.2 Å². The summed E-state index contributed by atoms with van der Waals surface area (Å²) in [4.78, 5) is 33.8. The molecule has 1 aromatic rings. The highest BCUT2D eigenvalue weighted by Crippen LogP contribution is 2.33. The van der Waals surface area contributed by atoms with E-state index in [1.807, 2.05) is 0 Å². The van der Waals surface area contributed by atoms with Gasteiger partial charge in [-0.3, -0.25) is 14.4 Å². The number of nitrogens with zero attached hydrogens (tertiary/aromatic N) is 3. The number of aromatic nitrogens is 4. The average Bonchev–Trinajstić information content (AvgIpc) is 3.00. The quantitative estimate of drug-likeness (QED) is 0.547. The number of esters is 3. The lowest BCUT2D eigenvalue weighted by Crippen LogP contribution is -2.51. The van der Waals surface area contributed by atoms with Crippen LogP contribution in [0.3, 0.4) is 0 Å². The third kappa shape index (κ3) is 4.72. The Hall–Kier alpha value is -2.56. The van der Waals surface area contributed by atoms with Crippen LogP contribution in [0.15, 0.2) is 0 Å². The van der Waals surface area contributed by atoms with E-state index in [1.165, 1.54) is 20.8 Å². The molecule has 132 valence electrons. The Balaban J connectivity index is 2.23. The number of nitrogens with one attached hydrogen (secondary N) is 1. The van der Waals surface area contributed by atoms with Gasteiger partial charge in [-0.2, -0.15) is 5.21 Å². The molecule has 1 aliphatic heterocycles. The summed E-state index contributed by atoms with van der Waals surface area (Å²) in [5.41, 5.74) is 0. The van der Waals surface area contributed by atoms with E-state index in [0.717, 1.165) is 0 Å². The van der Waals surface area contributed by atoms with Gasteiger partial charge in [-0.1, -0.05) is 5.21 Å². The molecule has 4 atom stereocenters. The molecule has 0 aromatic carbocycles. The van der Waals surface area contributed by atoms with Crippen LogP contribution in [-0.2, 0) is 33.3 Å². The van der Waals surface area contributed by atoms with E-state index < -0.39 is 42.3 Å². The monoisotopic (exact) mass is 342 g/mol. The lowest BCUT2D eigenvalue weighted by atomic mass is 9.97. The molecule has 2 rings (SSSR count). The van der Waals surface area contributed by atoms with Crippen LogP contribution in [-0.4, -0.2) is 63.5 Å². The summed E-state index contributed by atoms with van der Waals surface area (Å²) in [6, 6.07) is 0. The van der Waals surface area contributed by atoms with Crippen molar-refractivity contribution in [3.63, 3.8) is 0 Å². The number of tetrazole rings is 1. The lowest BCUT2D eigenvalue weighted by Gasteiger charge is -2.39. The first kappa shape index (κ1) is 17.8. The number of hydrogen-bond donors (Lipinski definition) is 1. The first-order valence-corrected chi connectivity index (χ1v) is 7.23. The Bertz CT molecular complexity index is 591. The SMILES string of the molecule is CC(=O)OC[C@H]1O[C@H](c2nn[nH]n2)C[C@@H](OC(C)=O)[C@H]1OC(C)=O. The minimum Gasteiger partial charge on any atom is -0.463 e. The van der Waals surface area contributed by atoms with Gasteiger partial charge in [0.25, 0.3) is 0 Å². The van der Waals surface area contributed by atoms with Crippen LogP contribution in [0.4, 0.5) is 0 Å². The summed E-state index contributed by atoms with van der Waals surface area (Å²) < 4.78 is 21.2. The van der Waals surface area contributed by atoms with E-state index in [2.05, 4.69) is 20.6 Å². The Morgan fingerprint density at radius 2 is 1.88 bits per heavy atom. The van der Waals surface area contributed by atoms with Gasteiger partial charge >= 0.3 is 17.9 Å². The maximum absolute atomic E-state index is 11.4. The molecule has 0 spiro atoms. The summed E-state index contributed by atoms with van der Waals surface area (Å²) in [6.07, 6.45) is -3.08. The van der Waals surface area contributed by atoms with Crippen LogP contribution < -0.4 is 0 Å². The first-order valence-electron chi connectivity index (χ1n) is 7.23. The standard InChI is InChI=1S/C13H18N4O7/c1-6(18)21-5-11-12(23-8(3)20)9(22-7(2)19)4-10(24-11)13-14-16-17-15-13/h9-12H,4-5H2,1-3H3,(H,14,15,16,17)/t9-,10+,11-,12-/m1/s1. The number of aromatic amines is 1. The van der Waals surface area contributed by atoms with Gasteiger partial charge in [0.15, 0.2) is 6.10 Å². The predicted octanol–water partition coefficient (Wildman–Crippen LogP) is -0.544. The normalized spacial score (nSPS) is 26.5. The first-order chi connectivity index (χ1) is 11.4. The summed E-state index contributed by atoms with van der Waals surface area (Å²) in [7, 11) is 0. The zero-order chi connectivity index (χ0) is 17.7. The number of carbonyl (C=O) groups excluding carboxylic acids is 3. The van der Waals surface area contributed by atoms with Crippen LogP contribution >= 0.6 is 0 Å². The van der Waals surface area contributed by atoms with Gasteiger partial charge in [0.05, 0.1) is 0 Å². The fraction of sp³-hybridized carbons (Fsp3) is 0.692. The molecule has 1 aromatic heterocycles.